The first-order chi connectivity index (χ1) is 7.34. The fourth-order valence-corrected chi connectivity index (χ4v) is 1.56. The molecule has 0 N–H and O–H groups in total. The van der Waals surface area contributed by atoms with E-state index in [1.165, 1.54) is 6.20 Å². The largest absolute Gasteiger partial charge is 0.381 e. The highest BCUT2D eigenvalue weighted by molar-refractivity contribution is 6.29. The maximum Gasteiger partial charge on any atom is 0.147 e. The standard InChI is InChI=1S/C10H13ClN2O2/c11-10-4-12-9(3-13-10)7-15-6-8-1-2-14-5-8/h3-4,8H,1-2,5-7H2. The second kappa shape index (κ2) is 5.39. The molecule has 4 nitrogen and oxygen atoms in total. The van der Waals surface area contributed by atoms with Crippen LogP contribution in [0.15, 0.2) is 12.4 Å². The van der Waals surface area contributed by atoms with Crippen LogP contribution in [0.5, 0.6) is 0 Å². The second-order valence-electron chi connectivity index (χ2n) is 3.58. The Hall–Kier alpha value is -0.710. The minimum Gasteiger partial charge on any atom is -0.381 e. The van der Waals surface area contributed by atoms with Crippen molar-refractivity contribution in [2.24, 2.45) is 5.92 Å². The van der Waals surface area contributed by atoms with Crippen LogP contribution in [-0.4, -0.2) is 29.8 Å². The van der Waals surface area contributed by atoms with Gasteiger partial charge >= 0.3 is 0 Å². The van der Waals surface area contributed by atoms with E-state index in [0.29, 0.717) is 17.7 Å². The minimum atomic E-state index is 0.406. The van der Waals surface area contributed by atoms with E-state index in [-0.39, 0.29) is 0 Å². The number of nitrogens with zero attached hydrogens (tertiary/aromatic N) is 2. The summed E-state index contributed by atoms with van der Waals surface area (Å²) in [4.78, 5) is 8.02. The van der Waals surface area contributed by atoms with Crippen LogP contribution in [0.3, 0.4) is 0 Å². The van der Waals surface area contributed by atoms with Crippen LogP contribution < -0.4 is 0 Å². The number of halogens is 1. The van der Waals surface area contributed by atoms with Crippen molar-refractivity contribution in [1.29, 1.82) is 0 Å². The Bertz CT molecular complexity index is 299. The molecule has 0 amide bonds. The Kier molecular flexibility index (Phi) is 3.88. The average Bonchev–Trinajstić information content (AvgIpc) is 2.74. The molecule has 0 saturated carbocycles. The molecule has 2 heterocycles. The Labute approximate surface area is 93.6 Å². The third kappa shape index (κ3) is 3.41. The van der Waals surface area contributed by atoms with E-state index in [1.54, 1.807) is 6.20 Å². The van der Waals surface area contributed by atoms with Gasteiger partial charge < -0.3 is 9.47 Å². The molecule has 0 aliphatic carbocycles. The van der Waals surface area contributed by atoms with Crippen LogP contribution in [0.1, 0.15) is 12.1 Å². The minimum absolute atomic E-state index is 0.406. The summed E-state index contributed by atoms with van der Waals surface area (Å²) in [5, 5.41) is 0.406. The van der Waals surface area contributed by atoms with E-state index in [0.717, 1.165) is 31.9 Å². The van der Waals surface area contributed by atoms with Gasteiger partial charge in [-0.15, -0.1) is 0 Å². The first kappa shape index (κ1) is 10.8. The molecule has 0 radical (unpaired) electrons. The molecule has 1 aliphatic heterocycles. The summed E-state index contributed by atoms with van der Waals surface area (Å²) in [6.07, 6.45) is 4.25. The highest BCUT2D eigenvalue weighted by atomic mass is 35.5. The monoisotopic (exact) mass is 228 g/mol. The summed E-state index contributed by atoms with van der Waals surface area (Å²) in [6.45, 7) is 2.88. The summed E-state index contributed by atoms with van der Waals surface area (Å²) in [5.74, 6) is 0.533. The van der Waals surface area contributed by atoms with E-state index in [9.17, 15) is 0 Å². The molecule has 2 rings (SSSR count). The van der Waals surface area contributed by atoms with Gasteiger partial charge in [0.1, 0.15) is 5.15 Å². The van der Waals surface area contributed by atoms with Crippen LogP contribution in [0, 0.1) is 5.92 Å². The Morgan fingerprint density at radius 1 is 1.47 bits per heavy atom. The van der Waals surface area contributed by atoms with Crippen molar-refractivity contribution >= 4 is 11.6 Å². The predicted molar refractivity (Wildman–Crippen MR) is 55.6 cm³/mol. The van der Waals surface area contributed by atoms with Crippen LogP contribution >= 0.6 is 11.6 Å². The van der Waals surface area contributed by atoms with Gasteiger partial charge in [-0.3, -0.25) is 4.98 Å². The molecule has 1 aromatic heterocycles. The van der Waals surface area contributed by atoms with Crippen molar-refractivity contribution < 1.29 is 9.47 Å². The zero-order valence-corrected chi connectivity index (χ0v) is 9.11. The van der Waals surface area contributed by atoms with Gasteiger partial charge in [-0.1, -0.05) is 11.6 Å². The van der Waals surface area contributed by atoms with E-state index in [2.05, 4.69) is 9.97 Å². The summed E-state index contributed by atoms with van der Waals surface area (Å²) in [5.41, 5.74) is 0.804. The number of hydrogen-bond acceptors (Lipinski definition) is 4. The normalized spacial score (nSPS) is 20.7. The van der Waals surface area contributed by atoms with Crippen molar-refractivity contribution in [2.45, 2.75) is 13.0 Å². The Morgan fingerprint density at radius 3 is 3.07 bits per heavy atom. The average molecular weight is 229 g/mol. The first-order valence-electron chi connectivity index (χ1n) is 4.96. The van der Waals surface area contributed by atoms with Crippen LogP contribution in [-0.2, 0) is 16.1 Å². The third-order valence-electron chi connectivity index (χ3n) is 2.30. The lowest BCUT2D eigenvalue weighted by atomic mass is 10.1. The lowest BCUT2D eigenvalue weighted by Gasteiger charge is -2.07. The molecule has 82 valence electrons. The van der Waals surface area contributed by atoms with Crippen molar-refractivity contribution in [3.8, 4) is 0 Å². The number of hydrogen-bond donors (Lipinski definition) is 0. The highest BCUT2D eigenvalue weighted by Gasteiger charge is 2.15. The van der Waals surface area contributed by atoms with Crippen LogP contribution in [0.4, 0.5) is 0 Å². The lowest BCUT2D eigenvalue weighted by molar-refractivity contribution is 0.0771. The molecule has 0 aromatic carbocycles. The number of ether oxygens (including phenoxy) is 2. The molecular formula is C10H13ClN2O2. The number of aromatic nitrogens is 2. The molecule has 5 heteroatoms. The highest BCUT2D eigenvalue weighted by Crippen LogP contribution is 2.13. The maximum atomic E-state index is 5.62. The molecule has 0 spiro atoms. The molecule has 1 atom stereocenters. The third-order valence-corrected chi connectivity index (χ3v) is 2.50. The van der Waals surface area contributed by atoms with Gasteiger partial charge in [0.05, 0.1) is 37.9 Å². The van der Waals surface area contributed by atoms with Gasteiger partial charge in [0.2, 0.25) is 0 Å². The molecule has 15 heavy (non-hydrogen) atoms. The van der Waals surface area contributed by atoms with Gasteiger partial charge in [0.25, 0.3) is 0 Å². The van der Waals surface area contributed by atoms with Gasteiger partial charge in [0.15, 0.2) is 0 Å². The van der Waals surface area contributed by atoms with Gasteiger partial charge in [-0.25, -0.2) is 4.98 Å². The molecule has 1 unspecified atom stereocenters. The van der Waals surface area contributed by atoms with E-state index >= 15 is 0 Å². The Balaban J connectivity index is 1.71. The second-order valence-corrected chi connectivity index (χ2v) is 3.96. The molecule has 1 aromatic rings. The zero-order chi connectivity index (χ0) is 10.5. The number of rotatable bonds is 4. The molecule has 1 fully saturated rings. The van der Waals surface area contributed by atoms with Crippen molar-refractivity contribution in [2.75, 3.05) is 19.8 Å². The van der Waals surface area contributed by atoms with Gasteiger partial charge in [0, 0.05) is 12.5 Å². The van der Waals surface area contributed by atoms with Crippen LogP contribution in [0.25, 0.3) is 0 Å². The van der Waals surface area contributed by atoms with Crippen molar-refractivity contribution in [3.63, 3.8) is 0 Å². The quantitative estimate of drug-likeness (QED) is 0.787. The van der Waals surface area contributed by atoms with E-state index < -0.39 is 0 Å². The van der Waals surface area contributed by atoms with Crippen molar-refractivity contribution in [1.82, 2.24) is 9.97 Å². The van der Waals surface area contributed by atoms with Gasteiger partial charge in [-0.05, 0) is 6.42 Å². The molecule has 0 bridgehead atoms. The summed E-state index contributed by atoms with van der Waals surface area (Å²) in [6, 6.07) is 0. The van der Waals surface area contributed by atoms with E-state index in [1.807, 2.05) is 0 Å². The van der Waals surface area contributed by atoms with Gasteiger partial charge in [-0.2, -0.15) is 0 Å². The maximum absolute atomic E-state index is 5.62. The summed E-state index contributed by atoms with van der Waals surface area (Å²) >= 11 is 5.62. The van der Waals surface area contributed by atoms with E-state index in [4.69, 9.17) is 21.1 Å². The van der Waals surface area contributed by atoms with Crippen LogP contribution in [0.2, 0.25) is 5.15 Å². The summed E-state index contributed by atoms with van der Waals surface area (Å²) < 4.78 is 10.8. The zero-order valence-electron chi connectivity index (χ0n) is 8.36. The smallest absolute Gasteiger partial charge is 0.147 e. The Morgan fingerprint density at radius 2 is 2.40 bits per heavy atom. The molecule has 1 saturated heterocycles. The molecule has 1 aliphatic rings. The lowest BCUT2D eigenvalue weighted by Crippen LogP contribution is -2.09. The fourth-order valence-electron chi connectivity index (χ4n) is 1.46. The topological polar surface area (TPSA) is 44.2 Å². The fraction of sp³-hybridized carbons (Fsp3) is 0.600. The summed E-state index contributed by atoms with van der Waals surface area (Å²) in [7, 11) is 0. The SMILES string of the molecule is Clc1cnc(COCC2CCOC2)cn1. The molecular weight excluding hydrogens is 216 g/mol. The predicted octanol–water partition coefficient (Wildman–Crippen LogP) is 1.68. The van der Waals surface area contributed by atoms with Crippen molar-refractivity contribution in [3.05, 3.63) is 23.2 Å². The first-order valence-corrected chi connectivity index (χ1v) is 5.34.